The van der Waals surface area contributed by atoms with Gasteiger partial charge in [0.2, 0.25) is 0 Å². The van der Waals surface area contributed by atoms with Crippen molar-refractivity contribution >= 4 is 5.69 Å². The van der Waals surface area contributed by atoms with Crippen molar-refractivity contribution in [3.63, 3.8) is 0 Å². The Morgan fingerprint density at radius 2 is 2.06 bits per heavy atom. The van der Waals surface area contributed by atoms with Crippen molar-refractivity contribution in [2.45, 2.75) is 45.6 Å². The zero-order valence-electron chi connectivity index (χ0n) is 10.4. The summed E-state index contributed by atoms with van der Waals surface area (Å²) in [5.74, 6) is -0.249. The number of anilines is 1. The van der Waals surface area contributed by atoms with Crippen molar-refractivity contribution in [3.05, 3.63) is 29.3 Å². The monoisotopic (exact) mass is 239 g/mol. The molecule has 1 aromatic carbocycles. The molecule has 0 aromatic heterocycles. The third-order valence-electron chi connectivity index (χ3n) is 3.75. The smallest absolute Gasteiger partial charge is 0.152 e. The topological polar surface area (TPSA) is 12.0 Å². The Bertz CT molecular complexity index is 403. The van der Waals surface area contributed by atoms with Crippen LogP contribution in [-0.2, 0) is 0 Å². The van der Waals surface area contributed by atoms with Crippen LogP contribution in [0.15, 0.2) is 12.1 Å². The van der Waals surface area contributed by atoms with Crippen LogP contribution in [0.1, 0.15) is 38.2 Å². The number of benzene rings is 1. The molecular formula is C14H19F2N. The number of hydrogen-bond donors (Lipinski definition) is 1. The lowest BCUT2D eigenvalue weighted by atomic mass is 10.1. The highest BCUT2D eigenvalue weighted by atomic mass is 19.1. The Kier molecular flexibility index (Phi) is 3.65. The Labute approximate surface area is 101 Å². The van der Waals surface area contributed by atoms with E-state index in [9.17, 15) is 8.78 Å². The van der Waals surface area contributed by atoms with Crippen LogP contribution in [0, 0.1) is 24.5 Å². The Hall–Kier alpha value is -1.12. The molecule has 1 aliphatic carbocycles. The number of rotatable bonds is 3. The van der Waals surface area contributed by atoms with Gasteiger partial charge in [-0.2, -0.15) is 0 Å². The van der Waals surface area contributed by atoms with Crippen LogP contribution in [-0.4, -0.2) is 6.04 Å². The summed E-state index contributed by atoms with van der Waals surface area (Å²) in [6.45, 7) is 3.82. The van der Waals surface area contributed by atoms with E-state index in [1.165, 1.54) is 12.1 Å². The lowest BCUT2D eigenvalue weighted by molar-refractivity contribution is 0.522. The van der Waals surface area contributed by atoms with Crippen LogP contribution >= 0.6 is 0 Å². The fourth-order valence-corrected chi connectivity index (χ4v) is 2.57. The van der Waals surface area contributed by atoms with Gasteiger partial charge < -0.3 is 5.32 Å². The zero-order chi connectivity index (χ0) is 12.4. The number of hydrogen-bond acceptors (Lipinski definition) is 1. The van der Waals surface area contributed by atoms with Gasteiger partial charge in [-0.15, -0.1) is 0 Å². The molecule has 2 atom stereocenters. The molecule has 1 saturated carbocycles. The maximum atomic E-state index is 13.8. The fraction of sp³-hybridized carbons (Fsp3) is 0.571. The lowest BCUT2D eigenvalue weighted by Crippen LogP contribution is -2.18. The summed E-state index contributed by atoms with van der Waals surface area (Å²) in [6, 6.07) is 3.01. The van der Waals surface area contributed by atoms with Gasteiger partial charge in [0.05, 0.1) is 0 Å². The molecule has 0 amide bonds. The van der Waals surface area contributed by atoms with Crippen LogP contribution < -0.4 is 5.32 Å². The molecule has 1 aromatic rings. The van der Waals surface area contributed by atoms with Crippen molar-refractivity contribution in [3.8, 4) is 0 Å². The molecule has 1 N–H and O–H groups in total. The molecule has 1 aliphatic rings. The summed E-state index contributed by atoms with van der Waals surface area (Å²) in [7, 11) is 0. The minimum absolute atomic E-state index is 0.0479. The van der Waals surface area contributed by atoms with Crippen LogP contribution in [0.4, 0.5) is 14.5 Å². The molecule has 0 spiro atoms. The third kappa shape index (κ3) is 2.59. The average molecular weight is 239 g/mol. The molecule has 0 saturated heterocycles. The highest BCUT2D eigenvalue weighted by Crippen LogP contribution is 2.32. The first-order valence-electron chi connectivity index (χ1n) is 6.33. The molecule has 0 radical (unpaired) electrons. The molecular weight excluding hydrogens is 220 g/mol. The van der Waals surface area contributed by atoms with Crippen LogP contribution in [0.3, 0.4) is 0 Å². The molecule has 1 nitrogen and oxygen atoms in total. The van der Waals surface area contributed by atoms with Gasteiger partial charge in [0.15, 0.2) is 5.82 Å². The third-order valence-corrected chi connectivity index (χ3v) is 3.75. The maximum Gasteiger partial charge on any atom is 0.152 e. The SMILES string of the molecule is CCC1CCC(Nc2c(F)ccc(C)c2F)C1. The van der Waals surface area contributed by atoms with E-state index in [0.29, 0.717) is 11.5 Å². The van der Waals surface area contributed by atoms with Crippen molar-refractivity contribution in [1.82, 2.24) is 0 Å². The number of halogens is 2. The molecule has 0 aliphatic heterocycles. The second-order valence-corrected chi connectivity index (χ2v) is 4.98. The highest BCUT2D eigenvalue weighted by Gasteiger charge is 2.25. The van der Waals surface area contributed by atoms with E-state index in [2.05, 4.69) is 12.2 Å². The van der Waals surface area contributed by atoms with Crippen molar-refractivity contribution < 1.29 is 8.78 Å². The second kappa shape index (κ2) is 5.03. The van der Waals surface area contributed by atoms with E-state index in [0.717, 1.165) is 25.7 Å². The zero-order valence-corrected chi connectivity index (χ0v) is 10.4. The first-order chi connectivity index (χ1) is 8.11. The van der Waals surface area contributed by atoms with Crippen LogP contribution in [0.25, 0.3) is 0 Å². The Morgan fingerprint density at radius 1 is 1.29 bits per heavy atom. The molecule has 3 heteroatoms. The van der Waals surface area contributed by atoms with Gasteiger partial charge in [-0.1, -0.05) is 19.4 Å². The number of aryl methyl sites for hydroxylation is 1. The van der Waals surface area contributed by atoms with Gasteiger partial charge in [0.1, 0.15) is 11.5 Å². The number of nitrogens with one attached hydrogen (secondary N) is 1. The van der Waals surface area contributed by atoms with E-state index in [4.69, 9.17) is 0 Å². The largest absolute Gasteiger partial charge is 0.378 e. The molecule has 0 bridgehead atoms. The quantitative estimate of drug-likeness (QED) is 0.830. The minimum Gasteiger partial charge on any atom is -0.378 e. The highest BCUT2D eigenvalue weighted by molar-refractivity contribution is 5.49. The van der Waals surface area contributed by atoms with E-state index < -0.39 is 11.6 Å². The van der Waals surface area contributed by atoms with Gasteiger partial charge in [0.25, 0.3) is 0 Å². The van der Waals surface area contributed by atoms with E-state index in [1.807, 2.05) is 0 Å². The first kappa shape index (κ1) is 12.3. The predicted molar refractivity (Wildman–Crippen MR) is 66.1 cm³/mol. The molecule has 0 heterocycles. The summed E-state index contributed by atoms with van der Waals surface area (Å²) in [6.07, 6.45) is 4.33. The van der Waals surface area contributed by atoms with Crippen molar-refractivity contribution in [1.29, 1.82) is 0 Å². The summed E-state index contributed by atoms with van der Waals surface area (Å²) in [5, 5.41) is 3.03. The summed E-state index contributed by atoms with van der Waals surface area (Å²) >= 11 is 0. The van der Waals surface area contributed by atoms with Crippen LogP contribution in [0.5, 0.6) is 0 Å². The molecule has 1 fully saturated rings. The molecule has 2 rings (SSSR count). The molecule has 17 heavy (non-hydrogen) atoms. The van der Waals surface area contributed by atoms with E-state index in [1.54, 1.807) is 6.92 Å². The Morgan fingerprint density at radius 3 is 2.71 bits per heavy atom. The van der Waals surface area contributed by atoms with Gasteiger partial charge in [-0.05, 0) is 43.7 Å². The van der Waals surface area contributed by atoms with Gasteiger partial charge in [0, 0.05) is 6.04 Å². The van der Waals surface area contributed by atoms with Crippen LogP contribution in [0.2, 0.25) is 0 Å². The van der Waals surface area contributed by atoms with E-state index in [-0.39, 0.29) is 11.7 Å². The maximum absolute atomic E-state index is 13.8. The van der Waals surface area contributed by atoms with Gasteiger partial charge in [-0.25, -0.2) is 8.78 Å². The van der Waals surface area contributed by atoms with Gasteiger partial charge in [-0.3, -0.25) is 0 Å². The normalized spacial score (nSPS) is 24.0. The average Bonchev–Trinajstić information content (AvgIpc) is 2.77. The summed E-state index contributed by atoms with van der Waals surface area (Å²) in [5.41, 5.74) is 0.533. The van der Waals surface area contributed by atoms with Gasteiger partial charge >= 0.3 is 0 Å². The van der Waals surface area contributed by atoms with Crippen molar-refractivity contribution in [2.24, 2.45) is 5.92 Å². The fourth-order valence-electron chi connectivity index (χ4n) is 2.57. The van der Waals surface area contributed by atoms with E-state index >= 15 is 0 Å². The predicted octanol–water partition coefficient (Wildman–Crippen LogP) is 4.26. The molecule has 94 valence electrons. The van der Waals surface area contributed by atoms with Crippen molar-refractivity contribution in [2.75, 3.05) is 5.32 Å². The minimum atomic E-state index is -0.493. The lowest BCUT2D eigenvalue weighted by Gasteiger charge is -2.16. The summed E-state index contributed by atoms with van der Waals surface area (Å²) < 4.78 is 27.4. The summed E-state index contributed by atoms with van der Waals surface area (Å²) in [4.78, 5) is 0. The molecule has 2 unspecified atom stereocenters. The second-order valence-electron chi connectivity index (χ2n) is 4.98. The first-order valence-corrected chi connectivity index (χ1v) is 6.33. The standard InChI is InChI=1S/C14H19F2N/c1-3-10-5-6-11(8-10)17-14-12(15)7-4-9(2)13(14)16/h4,7,10-11,17H,3,5-6,8H2,1-2H3. The Balaban J connectivity index is 2.11.